The second kappa shape index (κ2) is 6.14. The van der Waals surface area contributed by atoms with Crippen molar-refractivity contribution in [2.75, 3.05) is 0 Å². The molecule has 0 radical (unpaired) electrons. The lowest BCUT2D eigenvalue weighted by Gasteiger charge is -2.17. The van der Waals surface area contributed by atoms with E-state index < -0.39 is 12.5 Å². The molecule has 0 fully saturated rings. The highest BCUT2D eigenvalue weighted by Crippen LogP contribution is 2.33. The number of alkyl halides is 3. The molecular weight excluding hydrogens is 329 g/mol. The molecular formula is C11H12BrF3N2O2. The van der Waals surface area contributed by atoms with E-state index in [2.05, 4.69) is 20.7 Å². The Hall–Kier alpha value is -1.44. The van der Waals surface area contributed by atoms with Crippen LogP contribution in [0.25, 0.3) is 0 Å². The molecule has 0 aliphatic rings. The Morgan fingerprint density at radius 2 is 2.11 bits per heavy atom. The number of hydrogen-bond donors (Lipinski definition) is 2. The van der Waals surface area contributed by atoms with Crippen LogP contribution in [0.1, 0.15) is 13.3 Å². The molecule has 1 atom stereocenters. The zero-order valence-electron chi connectivity index (χ0n) is 9.92. The van der Waals surface area contributed by atoms with Gasteiger partial charge in [0.2, 0.25) is 0 Å². The van der Waals surface area contributed by atoms with Crippen molar-refractivity contribution in [2.24, 2.45) is 5.73 Å². The molecule has 0 saturated heterocycles. The van der Waals surface area contributed by atoms with Crippen LogP contribution in [0.2, 0.25) is 0 Å². The molecule has 1 aromatic rings. The van der Waals surface area contributed by atoms with Crippen LogP contribution in [0, 0.1) is 5.41 Å². The van der Waals surface area contributed by atoms with Crippen LogP contribution in [0.4, 0.5) is 13.2 Å². The second-order valence-corrected chi connectivity index (χ2v) is 4.46. The third-order valence-electron chi connectivity index (χ3n) is 2.13. The minimum absolute atomic E-state index is 0.0979. The van der Waals surface area contributed by atoms with Crippen molar-refractivity contribution < 1.29 is 22.6 Å². The van der Waals surface area contributed by atoms with Gasteiger partial charge in [-0.2, -0.15) is 0 Å². The summed E-state index contributed by atoms with van der Waals surface area (Å²) in [7, 11) is 0. The first-order chi connectivity index (χ1) is 8.73. The van der Waals surface area contributed by atoms with E-state index in [4.69, 9.17) is 15.9 Å². The highest BCUT2D eigenvalue weighted by atomic mass is 79.9. The molecule has 0 aromatic heterocycles. The average molecular weight is 341 g/mol. The fourth-order valence-corrected chi connectivity index (χ4v) is 1.73. The molecule has 0 bridgehead atoms. The first-order valence-corrected chi connectivity index (χ1v) is 6.08. The highest BCUT2D eigenvalue weighted by Gasteiger charge is 2.32. The Morgan fingerprint density at radius 1 is 1.47 bits per heavy atom. The Morgan fingerprint density at radius 3 is 2.53 bits per heavy atom. The SMILES string of the molecule is CCC(Oc1ccc(OC(F)(F)F)c(Br)c1)C(=N)N. The van der Waals surface area contributed by atoms with Gasteiger partial charge in [-0.25, -0.2) is 0 Å². The summed E-state index contributed by atoms with van der Waals surface area (Å²) in [5.74, 6) is -0.214. The maximum atomic E-state index is 12.1. The number of nitrogens with one attached hydrogen (secondary N) is 1. The van der Waals surface area contributed by atoms with Crippen LogP contribution in [-0.2, 0) is 0 Å². The van der Waals surface area contributed by atoms with Gasteiger partial charge in [-0.05, 0) is 40.5 Å². The number of ether oxygens (including phenoxy) is 2. The van der Waals surface area contributed by atoms with Crippen LogP contribution in [0.3, 0.4) is 0 Å². The van der Waals surface area contributed by atoms with Gasteiger partial charge >= 0.3 is 6.36 Å². The summed E-state index contributed by atoms with van der Waals surface area (Å²) < 4.78 is 45.5. The van der Waals surface area contributed by atoms with E-state index in [0.717, 1.165) is 6.07 Å². The van der Waals surface area contributed by atoms with E-state index in [9.17, 15) is 13.2 Å². The molecule has 1 unspecified atom stereocenters. The van der Waals surface area contributed by atoms with Gasteiger partial charge in [-0.15, -0.1) is 13.2 Å². The van der Waals surface area contributed by atoms with Gasteiger partial charge in [-0.1, -0.05) is 6.92 Å². The van der Waals surface area contributed by atoms with Gasteiger partial charge < -0.3 is 15.2 Å². The molecule has 0 aliphatic carbocycles. The molecule has 0 heterocycles. The predicted octanol–water partition coefficient (Wildman–Crippen LogP) is 3.44. The van der Waals surface area contributed by atoms with Crippen molar-refractivity contribution in [3.63, 3.8) is 0 Å². The lowest BCUT2D eigenvalue weighted by atomic mass is 10.2. The summed E-state index contributed by atoms with van der Waals surface area (Å²) in [4.78, 5) is 0. The first kappa shape index (κ1) is 15.6. The lowest BCUT2D eigenvalue weighted by molar-refractivity contribution is -0.274. The largest absolute Gasteiger partial charge is 0.573 e. The average Bonchev–Trinajstić information content (AvgIpc) is 2.27. The Labute approximate surface area is 116 Å². The number of hydrogen-bond acceptors (Lipinski definition) is 3. The summed E-state index contributed by atoms with van der Waals surface area (Å²) in [6.07, 6.45) is -4.88. The summed E-state index contributed by atoms with van der Waals surface area (Å²) in [6.45, 7) is 1.78. The van der Waals surface area contributed by atoms with Gasteiger partial charge in [0.25, 0.3) is 0 Å². The third kappa shape index (κ3) is 4.98. The number of nitrogens with two attached hydrogens (primary N) is 1. The summed E-state index contributed by atoms with van der Waals surface area (Å²) in [5.41, 5.74) is 5.32. The third-order valence-corrected chi connectivity index (χ3v) is 2.74. The normalized spacial score (nSPS) is 12.9. The summed E-state index contributed by atoms with van der Waals surface area (Å²) >= 11 is 2.96. The smallest absolute Gasteiger partial charge is 0.483 e. The summed E-state index contributed by atoms with van der Waals surface area (Å²) in [6, 6.07) is 3.77. The second-order valence-electron chi connectivity index (χ2n) is 3.61. The van der Waals surface area contributed by atoms with Gasteiger partial charge in [0.15, 0.2) is 6.10 Å². The van der Waals surface area contributed by atoms with Crippen molar-refractivity contribution >= 4 is 21.8 Å². The maximum absolute atomic E-state index is 12.1. The van der Waals surface area contributed by atoms with E-state index in [1.54, 1.807) is 6.92 Å². The van der Waals surface area contributed by atoms with Gasteiger partial charge in [0.05, 0.1) is 4.47 Å². The molecule has 0 amide bonds. The van der Waals surface area contributed by atoms with Crippen LogP contribution >= 0.6 is 15.9 Å². The molecule has 0 spiro atoms. The minimum Gasteiger partial charge on any atom is -0.483 e. The lowest BCUT2D eigenvalue weighted by Crippen LogP contribution is -2.32. The van der Waals surface area contributed by atoms with E-state index in [1.807, 2.05) is 0 Å². The molecule has 106 valence electrons. The fraction of sp³-hybridized carbons (Fsp3) is 0.364. The standard InChI is InChI=1S/C11H12BrF3N2O2/c1-2-8(10(16)17)18-6-3-4-9(7(12)5-6)19-11(13,14)15/h3-5,8H,2H2,1H3,(H3,16,17). The van der Waals surface area contributed by atoms with E-state index in [0.29, 0.717) is 12.2 Å². The first-order valence-electron chi connectivity index (χ1n) is 5.28. The van der Waals surface area contributed by atoms with Crippen LogP contribution in [0.15, 0.2) is 22.7 Å². The number of amidine groups is 1. The quantitative estimate of drug-likeness (QED) is 0.637. The van der Waals surface area contributed by atoms with Gasteiger partial charge in [0, 0.05) is 0 Å². The highest BCUT2D eigenvalue weighted by molar-refractivity contribution is 9.10. The summed E-state index contributed by atoms with van der Waals surface area (Å²) in [5, 5.41) is 7.28. The van der Waals surface area contributed by atoms with E-state index in [-0.39, 0.29) is 16.1 Å². The zero-order chi connectivity index (χ0) is 14.6. The molecule has 0 aliphatic heterocycles. The zero-order valence-corrected chi connectivity index (χ0v) is 11.5. The van der Waals surface area contributed by atoms with Crippen molar-refractivity contribution in [2.45, 2.75) is 25.8 Å². The van der Waals surface area contributed by atoms with E-state index >= 15 is 0 Å². The number of benzene rings is 1. The Kier molecular flexibility index (Phi) is 5.04. The van der Waals surface area contributed by atoms with Crippen molar-refractivity contribution in [1.29, 1.82) is 5.41 Å². The topological polar surface area (TPSA) is 68.3 Å². The molecule has 1 aromatic carbocycles. The monoisotopic (exact) mass is 340 g/mol. The predicted molar refractivity (Wildman–Crippen MR) is 67.4 cm³/mol. The number of halogens is 4. The van der Waals surface area contributed by atoms with Crippen molar-refractivity contribution in [3.8, 4) is 11.5 Å². The van der Waals surface area contributed by atoms with Crippen LogP contribution < -0.4 is 15.2 Å². The maximum Gasteiger partial charge on any atom is 0.573 e. The van der Waals surface area contributed by atoms with Gasteiger partial charge in [0.1, 0.15) is 17.3 Å². The molecule has 8 heteroatoms. The molecule has 19 heavy (non-hydrogen) atoms. The van der Waals surface area contributed by atoms with Crippen molar-refractivity contribution in [3.05, 3.63) is 22.7 Å². The van der Waals surface area contributed by atoms with E-state index in [1.165, 1.54) is 12.1 Å². The van der Waals surface area contributed by atoms with Crippen LogP contribution in [-0.4, -0.2) is 18.3 Å². The molecule has 1 rings (SSSR count). The molecule has 0 saturated carbocycles. The molecule has 3 N–H and O–H groups in total. The fourth-order valence-electron chi connectivity index (χ4n) is 1.29. The van der Waals surface area contributed by atoms with Gasteiger partial charge in [-0.3, -0.25) is 5.41 Å². The van der Waals surface area contributed by atoms with Crippen molar-refractivity contribution in [1.82, 2.24) is 0 Å². The Balaban J connectivity index is 2.85. The molecule has 4 nitrogen and oxygen atoms in total. The number of rotatable bonds is 5. The van der Waals surface area contributed by atoms with Crippen LogP contribution in [0.5, 0.6) is 11.5 Å². The Bertz CT molecular complexity index is 466. The minimum atomic E-state index is -4.75.